The Morgan fingerprint density at radius 3 is 2.27 bits per heavy atom. The molecule has 0 spiro atoms. The molecule has 3 N–H and O–H groups in total. The van der Waals surface area contributed by atoms with Gasteiger partial charge in [0.15, 0.2) is 5.78 Å². The maximum Gasteiger partial charge on any atom is 0.263 e. The predicted molar refractivity (Wildman–Crippen MR) is 307 cm³/mol. The number of benzene rings is 1. The maximum atomic E-state index is 14.2. The van der Waals surface area contributed by atoms with E-state index in [1.165, 1.54) is 18.3 Å². The summed E-state index contributed by atoms with van der Waals surface area (Å²) in [5.74, 6) is 1.22. The van der Waals surface area contributed by atoms with Gasteiger partial charge in [-0.2, -0.15) is 4.98 Å². The lowest BCUT2D eigenvalue weighted by Crippen LogP contribution is -2.55. The number of aromatic nitrogens is 5. The number of hydrogen-bond donors (Lipinski definition) is 3. The highest BCUT2D eigenvalue weighted by atomic mass is 32.1. The van der Waals surface area contributed by atoms with Crippen LogP contribution in [0.3, 0.4) is 0 Å². The summed E-state index contributed by atoms with van der Waals surface area (Å²) in [7, 11) is 1.74. The van der Waals surface area contributed by atoms with Crippen molar-refractivity contribution < 1.29 is 28.7 Å². The summed E-state index contributed by atoms with van der Waals surface area (Å²) < 4.78 is 7.80. The van der Waals surface area contributed by atoms with Gasteiger partial charge in [0.25, 0.3) is 5.56 Å². The number of carbonyl (C=O) groups is 5. The van der Waals surface area contributed by atoms with Crippen LogP contribution < -0.4 is 31.1 Å². The zero-order chi connectivity index (χ0) is 55.4. The van der Waals surface area contributed by atoms with Gasteiger partial charge in [0.05, 0.1) is 36.1 Å². The molecule has 9 rings (SSSR count). The van der Waals surface area contributed by atoms with E-state index in [9.17, 15) is 28.8 Å². The highest BCUT2D eigenvalue weighted by Gasteiger charge is 2.40. The number of amides is 3. The molecule has 4 fully saturated rings. The largest absolute Gasteiger partial charge is 0.494 e. The van der Waals surface area contributed by atoms with E-state index in [0.717, 1.165) is 139 Å². The number of likely N-dealkylation sites (N-methyl/N-ethyl adjacent to an activating group) is 1. The second-order valence-electron chi connectivity index (χ2n) is 22.1. The number of piperazine rings is 1. The zero-order valence-electron chi connectivity index (χ0n) is 46.6. The number of pyridine rings is 2. The molecule has 2 aliphatic carbocycles. The van der Waals surface area contributed by atoms with Crippen LogP contribution in [0.2, 0.25) is 0 Å². The fraction of sp³-hybridized carbons (Fsp3) is 0.567. The first-order valence-electron chi connectivity index (χ1n) is 29.1. The molecule has 18 nitrogen and oxygen atoms in total. The Morgan fingerprint density at radius 2 is 1.54 bits per heavy atom. The van der Waals surface area contributed by atoms with Crippen molar-refractivity contribution in [3.63, 3.8) is 0 Å². The SMILES string of the molecule is CN[C@@H](C)C(=O)N[C@H](C(=O)N1CCC[C@H]1c1nc(C(=O)c2cccc(OCCCCCCCCCC(=O)N3CCN(c4ccc(Nc5ncc6c(C)c(C(C)=O)c(=O)n(C7CCCC7)c6n5)nc4)CC3)c2)cs1)C1CCCCC1. The van der Waals surface area contributed by atoms with Gasteiger partial charge >= 0.3 is 0 Å². The van der Waals surface area contributed by atoms with E-state index in [2.05, 4.69) is 30.8 Å². The minimum atomic E-state index is -0.573. The van der Waals surface area contributed by atoms with Gasteiger partial charge in [-0.25, -0.2) is 15.0 Å². The number of ketones is 2. The Kier molecular flexibility index (Phi) is 19.5. The van der Waals surface area contributed by atoms with Crippen LogP contribution in [0, 0.1) is 12.8 Å². The lowest BCUT2D eigenvalue weighted by Gasteiger charge is -2.36. The monoisotopic (exact) mass is 1100 g/mol. The molecule has 0 unspecified atom stereocenters. The number of unbranched alkanes of at least 4 members (excludes halogenated alkanes) is 6. The first-order chi connectivity index (χ1) is 38.4. The van der Waals surface area contributed by atoms with Crippen LogP contribution in [0.15, 0.2) is 59.0 Å². The molecule has 3 amide bonds. The van der Waals surface area contributed by atoms with Crippen molar-refractivity contribution >= 4 is 69.1 Å². The lowest BCUT2D eigenvalue weighted by atomic mass is 9.83. The molecule has 19 heteroatoms. The molecule has 5 aromatic rings. The number of nitrogens with zero attached hydrogens (tertiary/aromatic N) is 8. The highest BCUT2D eigenvalue weighted by molar-refractivity contribution is 7.10. The molecule has 1 aromatic carbocycles. The van der Waals surface area contributed by atoms with E-state index in [0.29, 0.717) is 78.0 Å². The number of Topliss-reactive ketones (excluding diaryl/α,β-unsaturated/α-hetero) is 1. The number of fused-ring (bicyclic) bond motifs is 1. The zero-order valence-corrected chi connectivity index (χ0v) is 47.4. The number of anilines is 3. The van der Waals surface area contributed by atoms with Gasteiger partial charge in [0, 0.05) is 67.7 Å². The van der Waals surface area contributed by atoms with Crippen LogP contribution in [0.25, 0.3) is 11.0 Å². The van der Waals surface area contributed by atoms with Crippen molar-refractivity contribution in [3.05, 3.63) is 91.9 Å². The molecular weight excluding hydrogens is 1020 g/mol. The quantitative estimate of drug-likeness (QED) is 0.0388. The van der Waals surface area contributed by atoms with Crippen molar-refractivity contribution in [2.45, 2.75) is 167 Å². The summed E-state index contributed by atoms with van der Waals surface area (Å²) in [6, 6.07) is 9.95. The van der Waals surface area contributed by atoms with Gasteiger partial charge in [-0.15, -0.1) is 11.3 Å². The molecule has 2 saturated carbocycles. The van der Waals surface area contributed by atoms with Gasteiger partial charge in [-0.3, -0.25) is 33.3 Å². The third kappa shape index (κ3) is 13.9. The van der Waals surface area contributed by atoms with E-state index >= 15 is 0 Å². The van der Waals surface area contributed by atoms with Crippen molar-refractivity contribution in [3.8, 4) is 5.75 Å². The highest BCUT2D eigenvalue weighted by Crippen LogP contribution is 2.37. The van der Waals surface area contributed by atoms with Crippen molar-refractivity contribution in [2.75, 3.05) is 56.6 Å². The maximum absolute atomic E-state index is 14.2. The van der Waals surface area contributed by atoms with Crippen LogP contribution in [0.1, 0.15) is 185 Å². The molecule has 2 saturated heterocycles. The number of thiazole rings is 1. The number of ether oxygens (including phenoxy) is 1. The Bertz CT molecular complexity index is 3000. The summed E-state index contributed by atoms with van der Waals surface area (Å²) in [4.78, 5) is 105. The standard InChI is InChI=1S/C60H79N11O7S/c1-39-47-37-63-60(67-55(47)71(44-22-14-15-23-44)58(76)52(39)41(3)72)65-50-28-27-45(36-62-50)68-30-32-69(33-31-68)51(73)26-13-8-6-5-7-9-16-34-78-46-24-17-21-43(35-46)54(74)48-38-79-57(64-48)49-25-18-29-70(49)59(77)53(42-19-11-10-12-20-42)66-56(75)40(2)61-4/h17,21,24,27-28,35-38,40,42,44,49,53,61H,5-16,18-20,22-23,25-26,29-34H2,1-4H3,(H,66,75)(H,62,63,65,67)/t40-,49-,53-/m0/s1. The lowest BCUT2D eigenvalue weighted by molar-refractivity contribution is -0.139. The average Bonchev–Trinajstić information content (AvgIpc) is 4.40. The van der Waals surface area contributed by atoms with Crippen LogP contribution in [-0.4, -0.2) is 122 Å². The Labute approximate surface area is 467 Å². The topological polar surface area (TPSA) is 214 Å². The number of carbonyl (C=O) groups excluding carboxylic acids is 5. The summed E-state index contributed by atoms with van der Waals surface area (Å²) in [5.41, 5.74) is 2.91. The smallest absolute Gasteiger partial charge is 0.263 e. The molecule has 4 aliphatic rings. The van der Waals surface area contributed by atoms with E-state index in [4.69, 9.17) is 14.7 Å². The number of likely N-dealkylation sites (tertiary alicyclic amines) is 1. The van der Waals surface area contributed by atoms with Crippen LogP contribution in [-0.2, 0) is 14.4 Å². The number of nitrogens with one attached hydrogen (secondary N) is 3. The molecular formula is C60H79N11O7S. The Balaban J connectivity index is 0.650. The molecule has 2 aliphatic heterocycles. The predicted octanol–water partition coefficient (Wildman–Crippen LogP) is 9.43. The second-order valence-corrected chi connectivity index (χ2v) is 23.0. The minimum Gasteiger partial charge on any atom is -0.494 e. The molecule has 4 aromatic heterocycles. The number of hydrogen-bond acceptors (Lipinski definition) is 15. The van der Waals surface area contributed by atoms with E-state index in [-0.39, 0.29) is 58.4 Å². The van der Waals surface area contributed by atoms with Crippen molar-refractivity contribution in [1.29, 1.82) is 0 Å². The van der Waals surface area contributed by atoms with Gasteiger partial charge in [-0.05, 0) is 115 Å². The molecule has 79 heavy (non-hydrogen) atoms. The second kappa shape index (κ2) is 27.0. The van der Waals surface area contributed by atoms with Gasteiger partial charge in [-0.1, -0.05) is 76.3 Å². The fourth-order valence-corrected chi connectivity index (χ4v) is 13.0. The summed E-state index contributed by atoms with van der Waals surface area (Å²) in [6.45, 7) is 8.96. The Hall–Kier alpha value is -6.60. The normalized spacial score (nSPS) is 18.0. The van der Waals surface area contributed by atoms with Gasteiger partial charge < -0.3 is 35.4 Å². The Morgan fingerprint density at radius 1 is 0.810 bits per heavy atom. The summed E-state index contributed by atoms with van der Waals surface area (Å²) >= 11 is 1.41. The van der Waals surface area contributed by atoms with E-state index in [1.54, 1.807) is 49.2 Å². The summed E-state index contributed by atoms with van der Waals surface area (Å²) in [6.07, 6.45) is 21.7. The number of aryl methyl sites for hydroxylation is 1. The third-order valence-electron chi connectivity index (χ3n) is 16.7. The van der Waals surface area contributed by atoms with Crippen molar-refractivity contribution in [1.82, 2.24) is 44.9 Å². The average molecular weight is 1100 g/mol. The van der Waals surface area contributed by atoms with Crippen LogP contribution in [0.5, 0.6) is 5.75 Å². The van der Waals surface area contributed by atoms with E-state index < -0.39 is 12.1 Å². The molecule has 3 atom stereocenters. The van der Waals surface area contributed by atoms with Gasteiger partial charge in [0.1, 0.15) is 34.0 Å². The molecule has 0 radical (unpaired) electrons. The number of rotatable bonds is 24. The minimum absolute atomic E-state index is 0.00211. The van der Waals surface area contributed by atoms with Crippen LogP contribution >= 0.6 is 11.3 Å². The van der Waals surface area contributed by atoms with Crippen LogP contribution in [0.4, 0.5) is 17.5 Å². The fourth-order valence-electron chi connectivity index (χ4n) is 12.0. The molecule has 422 valence electrons. The first-order valence-corrected chi connectivity index (χ1v) is 30.0. The third-order valence-corrected chi connectivity index (χ3v) is 17.7. The molecule has 0 bridgehead atoms. The van der Waals surface area contributed by atoms with Crippen molar-refractivity contribution in [2.24, 2.45) is 5.92 Å². The summed E-state index contributed by atoms with van der Waals surface area (Å²) in [5, 5.41) is 12.5. The van der Waals surface area contributed by atoms with E-state index in [1.807, 2.05) is 40.3 Å². The first kappa shape index (κ1) is 57.1. The molecule has 6 heterocycles. The van der Waals surface area contributed by atoms with Gasteiger partial charge in [0.2, 0.25) is 29.5 Å².